The third-order valence-electron chi connectivity index (χ3n) is 2.03. The van der Waals surface area contributed by atoms with E-state index in [0.29, 0.717) is 6.42 Å². The highest BCUT2D eigenvalue weighted by Gasteiger charge is 2.17. The lowest BCUT2D eigenvalue weighted by Crippen LogP contribution is -1.98. The van der Waals surface area contributed by atoms with Gasteiger partial charge in [-0.05, 0) is 20.3 Å². The van der Waals surface area contributed by atoms with Crippen LogP contribution in [-0.2, 0) is 9.53 Å². The van der Waals surface area contributed by atoms with Gasteiger partial charge in [0, 0.05) is 6.42 Å². The molecule has 2 heteroatoms. The fraction of sp³-hybridized carbons (Fsp3) is 0.417. The second-order valence-electron chi connectivity index (χ2n) is 3.49. The highest BCUT2D eigenvalue weighted by Crippen LogP contribution is 2.11. The van der Waals surface area contributed by atoms with E-state index in [1.54, 1.807) is 0 Å². The first-order valence-corrected chi connectivity index (χ1v) is 4.89. The number of cyclic esters (lactones) is 1. The van der Waals surface area contributed by atoms with Crippen LogP contribution < -0.4 is 0 Å². The van der Waals surface area contributed by atoms with E-state index in [2.05, 4.69) is 19.1 Å². The molecular weight excluding hydrogens is 176 g/mol. The lowest BCUT2D eigenvalue weighted by Gasteiger charge is -1.95. The smallest absolute Gasteiger partial charge is 0.306 e. The van der Waals surface area contributed by atoms with Crippen LogP contribution in [0.1, 0.15) is 25.3 Å². The molecule has 1 aromatic carbocycles. The molecule has 1 aromatic rings. The first kappa shape index (κ1) is 10.8. The Bertz CT molecular complexity index is 280. The molecule has 0 bridgehead atoms. The molecule has 1 fully saturated rings. The number of esters is 1. The molecule has 2 nitrogen and oxygen atoms in total. The molecule has 1 aliphatic heterocycles. The fourth-order valence-corrected chi connectivity index (χ4v) is 1.20. The first-order chi connectivity index (χ1) is 6.68. The van der Waals surface area contributed by atoms with E-state index in [-0.39, 0.29) is 12.1 Å². The maximum Gasteiger partial charge on any atom is 0.306 e. The molecule has 0 aliphatic carbocycles. The molecule has 0 amide bonds. The summed E-state index contributed by atoms with van der Waals surface area (Å²) < 4.78 is 4.72. The Morgan fingerprint density at radius 2 is 1.93 bits per heavy atom. The number of hydrogen-bond donors (Lipinski definition) is 0. The number of rotatable bonds is 0. The van der Waals surface area contributed by atoms with Crippen LogP contribution in [0.4, 0.5) is 0 Å². The van der Waals surface area contributed by atoms with Crippen molar-refractivity contribution in [2.24, 2.45) is 0 Å². The van der Waals surface area contributed by atoms with Gasteiger partial charge in [0.1, 0.15) is 0 Å². The molecule has 0 spiro atoms. The van der Waals surface area contributed by atoms with Crippen LogP contribution in [0.5, 0.6) is 0 Å². The van der Waals surface area contributed by atoms with Crippen molar-refractivity contribution < 1.29 is 9.53 Å². The molecule has 14 heavy (non-hydrogen) atoms. The van der Waals surface area contributed by atoms with E-state index < -0.39 is 0 Å². The molecule has 2 rings (SSSR count). The van der Waals surface area contributed by atoms with Crippen molar-refractivity contribution in [1.29, 1.82) is 0 Å². The average Bonchev–Trinajstić information content (AvgIpc) is 2.52. The van der Waals surface area contributed by atoms with E-state index >= 15 is 0 Å². The molecule has 0 aromatic heterocycles. The maximum atomic E-state index is 10.2. The fourth-order valence-electron chi connectivity index (χ4n) is 1.20. The van der Waals surface area contributed by atoms with E-state index in [0.717, 1.165) is 6.42 Å². The van der Waals surface area contributed by atoms with Crippen molar-refractivity contribution in [3.8, 4) is 0 Å². The minimum absolute atomic E-state index is 0.0486. The molecule has 0 saturated carbocycles. The van der Waals surface area contributed by atoms with Gasteiger partial charge in [-0.2, -0.15) is 0 Å². The molecular formula is C12H16O2. The van der Waals surface area contributed by atoms with Crippen LogP contribution in [0.3, 0.4) is 0 Å². The van der Waals surface area contributed by atoms with Gasteiger partial charge in [-0.25, -0.2) is 0 Å². The van der Waals surface area contributed by atoms with Crippen LogP contribution in [0, 0.1) is 6.92 Å². The normalized spacial score (nSPS) is 19.6. The standard InChI is InChI=1S/C7H8.C5H8O2/c1-7-5-3-2-4-6-7;1-4-2-3-5(6)7-4/h2-6H,1H3;4H,2-3H2,1H3/t;4-/m.0/s1. The molecule has 0 unspecified atom stereocenters. The summed E-state index contributed by atoms with van der Waals surface area (Å²) in [5, 5.41) is 0. The van der Waals surface area contributed by atoms with Gasteiger partial charge in [-0.3, -0.25) is 4.79 Å². The molecule has 0 radical (unpaired) electrons. The maximum absolute atomic E-state index is 10.2. The zero-order chi connectivity index (χ0) is 10.4. The van der Waals surface area contributed by atoms with Crippen molar-refractivity contribution in [3.63, 3.8) is 0 Å². The molecule has 1 saturated heterocycles. The Labute approximate surface area is 84.9 Å². The third kappa shape index (κ3) is 4.08. The topological polar surface area (TPSA) is 26.3 Å². The van der Waals surface area contributed by atoms with Crippen molar-refractivity contribution in [3.05, 3.63) is 35.9 Å². The molecule has 0 N–H and O–H groups in total. The second kappa shape index (κ2) is 5.43. The minimum Gasteiger partial charge on any atom is -0.463 e. The molecule has 1 aliphatic rings. The monoisotopic (exact) mass is 192 g/mol. The molecule has 1 atom stereocenters. The number of aryl methyl sites for hydroxylation is 1. The minimum atomic E-state index is -0.0486. The zero-order valence-electron chi connectivity index (χ0n) is 8.69. The van der Waals surface area contributed by atoms with Crippen molar-refractivity contribution in [2.75, 3.05) is 0 Å². The van der Waals surface area contributed by atoms with Crippen LogP contribution >= 0.6 is 0 Å². The van der Waals surface area contributed by atoms with Crippen LogP contribution in [0.25, 0.3) is 0 Å². The lowest BCUT2D eigenvalue weighted by atomic mass is 10.2. The summed E-state index contributed by atoms with van der Waals surface area (Å²) in [7, 11) is 0. The summed E-state index contributed by atoms with van der Waals surface area (Å²) in [6.07, 6.45) is 1.69. The van der Waals surface area contributed by atoms with Gasteiger partial charge in [0.25, 0.3) is 0 Å². The SMILES string of the molecule is C[C@H]1CCC(=O)O1.Cc1ccccc1. The Hall–Kier alpha value is -1.31. The van der Waals surface area contributed by atoms with Crippen LogP contribution in [-0.4, -0.2) is 12.1 Å². The van der Waals surface area contributed by atoms with E-state index in [1.165, 1.54) is 5.56 Å². The predicted molar refractivity (Wildman–Crippen MR) is 56.0 cm³/mol. The number of carbonyl (C=O) groups excluding carboxylic acids is 1. The first-order valence-electron chi connectivity index (χ1n) is 4.89. The average molecular weight is 192 g/mol. The van der Waals surface area contributed by atoms with E-state index in [4.69, 9.17) is 4.74 Å². The quantitative estimate of drug-likeness (QED) is 0.591. The van der Waals surface area contributed by atoms with Crippen molar-refractivity contribution in [2.45, 2.75) is 32.8 Å². The zero-order valence-corrected chi connectivity index (χ0v) is 8.69. The van der Waals surface area contributed by atoms with Gasteiger partial charge < -0.3 is 4.74 Å². The summed E-state index contributed by atoms with van der Waals surface area (Å²) in [4.78, 5) is 10.2. The second-order valence-corrected chi connectivity index (χ2v) is 3.49. The predicted octanol–water partition coefficient (Wildman–Crippen LogP) is 2.71. The Balaban J connectivity index is 0.000000140. The van der Waals surface area contributed by atoms with Gasteiger partial charge in [0.05, 0.1) is 6.10 Å². The van der Waals surface area contributed by atoms with Crippen LogP contribution in [0.15, 0.2) is 30.3 Å². The van der Waals surface area contributed by atoms with Crippen molar-refractivity contribution >= 4 is 5.97 Å². The third-order valence-corrected chi connectivity index (χ3v) is 2.03. The van der Waals surface area contributed by atoms with Gasteiger partial charge in [-0.1, -0.05) is 35.9 Å². The summed E-state index contributed by atoms with van der Waals surface area (Å²) in [5.74, 6) is -0.0486. The number of carbonyl (C=O) groups is 1. The van der Waals surface area contributed by atoms with Crippen LogP contribution in [0.2, 0.25) is 0 Å². The summed E-state index contributed by atoms with van der Waals surface area (Å²) >= 11 is 0. The Kier molecular flexibility index (Phi) is 4.17. The van der Waals surface area contributed by atoms with Gasteiger partial charge in [0.2, 0.25) is 0 Å². The largest absolute Gasteiger partial charge is 0.463 e. The van der Waals surface area contributed by atoms with E-state index in [9.17, 15) is 4.79 Å². The summed E-state index contributed by atoms with van der Waals surface area (Å²) in [6, 6.07) is 10.3. The molecule has 76 valence electrons. The highest BCUT2D eigenvalue weighted by atomic mass is 16.5. The summed E-state index contributed by atoms with van der Waals surface area (Å²) in [6.45, 7) is 3.99. The Morgan fingerprint density at radius 3 is 2.14 bits per heavy atom. The van der Waals surface area contributed by atoms with E-state index in [1.807, 2.05) is 25.1 Å². The highest BCUT2D eigenvalue weighted by molar-refractivity contribution is 5.71. The van der Waals surface area contributed by atoms with Gasteiger partial charge in [-0.15, -0.1) is 0 Å². The van der Waals surface area contributed by atoms with Gasteiger partial charge >= 0.3 is 5.97 Å². The molecule has 1 heterocycles. The number of ether oxygens (including phenoxy) is 1. The van der Waals surface area contributed by atoms with Gasteiger partial charge in [0.15, 0.2) is 0 Å². The number of benzene rings is 1. The lowest BCUT2D eigenvalue weighted by molar-refractivity contribution is -0.140. The Morgan fingerprint density at radius 1 is 1.29 bits per heavy atom. The summed E-state index contributed by atoms with van der Waals surface area (Å²) in [5.41, 5.74) is 1.32. The van der Waals surface area contributed by atoms with Crippen molar-refractivity contribution in [1.82, 2.24) is 0 Å². The number of hydrogen-bond acceptors (Lipinski definition) is 2.